The summed E-state index contributed by atoms with van der Waals surface area (Å²) in [6, 6.07) is 1.32. The number of pyridine rings is 1. The molecule has 0 amide bonds. The van der Waals surface area contributed by atoms with Gasteiger partial charge in [0, 0.05) is 12.6 Å². The third-order valence-corrected chi connectivity index (χ3v) is 2.86. The van der Waals surface area contributed by atoms with Crippen LogP contribution in [-0.4, -0.2) is 33.9 Å². The topological polar surface area (TPSA) is 56.5 Å². The number of aromatic nitrogens is 3. The van der Waals surface area contributed by atoms with Gasteiger partial charge in [-0.15, -0.1) is 10.2 Å². The number of carbonyl (C=O) groups is 1. The van der Waals surface area contributed by atoms with E-state index in [0.717, 1.165) is 0 Å². The Morgan fingerprint density at radius 3 is 2.75 bits per heavy atom. The number of nitrogens with zero attached hydrogens (tertiary/aromatic N) is 3. The highest BCUT2D eigenvalue weighted by Crippen LogP contribution is 2.24. The minimum Gasteiger partial charge on any atom is -0.465 e. The van der Waals surface area contributed by atoms with Gasteiger partial charge in [0.1, 0.15) is 5.82 Å². The Morgan fingerprint density at radius 1 is 1.45 bits per heavy atom. The maximum absolute atomic E-state index is 12.2. The molecule has 2 aromatic heterocycles. The second-order valence-corrected chi connectivity index (χ2v) is 4.40. The molecule has 0 saturated heterocycles. The molecular weight excluding hydrogens is 299 g/mol. The number of fused-ring (bicyclic) bond motifs is 1. The van der Waals surface area contributed by atoms with Crippen molar-refractivity contribution < 1.29 is 22.7 Å². The largest absolute Gasteiger partial charge is 0.465 e. The van der Waals surface area contributed by atoms with Gasteiger partial charge < -0.3 is 4.74 Å². The van der Waals surface area contributed by atoms with Gasteiger partial charge in [-0.25, -0.2) is 4.79 Å². The van der Waals surface area contributed by atoms with Gasteiger partial charge in [0.2, 0.25) is 0 Å². The van der Waals surface area contributed by atoms with Crippen molar-refractivity contribution >= 4 is 23.2 Å². The molecule has 0 fully saturated rings. The average molecular weight is 308 g/mol. The van der Waals surface area contributed by atoms with E-state index < -0.39 is 18.6 Å². The predicted octanol–water partition coefficient (Wildman–Crippen LogP) is 2.66. The maximum atomic E-state index is 12.2. The highest BCUT2D eigenvalue weighted by molar-refractivity contribution is 6.33. The molecule has 0 aliphatic rings. The fraction of sp³-hybridized carbons (Fsp3) is 0.364. The minimum atomic E-state index is -4.30. The number of methoxy groups -OCH3 is 1. The molecule has 0 saturated carbocycles. The third kappa shape index (κ3) is 3.01. The molecule has 2 heterocycles. The number of rotatable bonds is 3. The summed E-state index contributed by atoms with van der Waals surface area (Å²) in [5.74, 6) is -0.575. The summed E-state index contributed by atoms with van der Waals surface area (Å²) in [5, 5.41) is 7.48. The summed E-state index contributed by atoms with van der Waals surface area (Å²) in [6.45, 7) is 0. The zero-order chi connectivity index (χ0) is 14.9. The fourth-order valence-electron chi connectivity index (χ4n) is 1.65. The van der Waals surface area contributed by atoms with Gasteiger partial charge in [0.05, 0.1) is 24.1 Å². The lowest BCUT2D eigenvalue weighted by Gasteiger charge is -2.06. The second-order valence-electron chi connectivity index (χ2n) is 3.99. The first-order chi connectivity index (χ1) is 9.31. The Hall–Kier alpha value is -1.83. The van der Waals surface area contributed by atoms with Crippen molar-refractivity contribution in [2.75, 3.05) is 7.11 Å². The molecule has 0 radical (unpaired) electrons. The number of carbonyl (C=O) groups excluding carboxylic acids is 1. The molecule has 0 spiro atoms. The molecule has 0 bridgehead atoms. The van der Waals surface area contributed by atoms with Crippen LogP contribution < -0.4 is 0 Å². The Kier molecular flexibility index (Phi) is 3.85. The van der Waals surface area contributed by atoms with Crippen LogP contribution in [-0.2, 0) is 11.2 Å². The summed E-state index contributed by atoms with van der Waals surface area (Å²) >= 11 is 5.91. The predicted molar refractivity (Wildman–Crippen MR) is 63.7 cm³/mol. The first kappa shape index (κ1) is 14.6. The molecule has 0 aliphatic carbocycles. The molecule has 20 heavy (non-hydrogen) atoms. The van der Waals surface area contributed by atoms with Crippen molar-refractivity contribution in [3.8, 4) is 0 Å². The smallest absolute Gasteiger partial charge is 0.389 e. The number of alkyl halides is 3. The first-order valence-electron chi connectivity index (χ1n) is 5.50. The molecule has 0 N–H and O–H groups in total. The fourth-order valence-corrected chi connectivity index (χ4v) is 1.90. The molecule has 0 aliphatic heterocycles. The zero-order valence-electron chi connectivity index (χ0n) is 10.2. The number of hydrogen-bond donors (Lipinski definition) is 0. The number of aryl methyl sites for hydroxylation is 1. The molecule has 2 rings (SSSR count). The molecule has 5 nitrogen and oxygen atoms in total. The van der Waals surface area contributed by atoms with Crippen molar-refractivity contribution in [2.24, 2.45) is 0 Å². The van der Waals surface area contributed by atoms with Crippen LogP contribution in [0.4, 0.5) is 13.2 Å². The van der Waals surface area contributed by atoms with Crippen LogP contribution >= 0.6 is 11.6 Å². The standard InChI is InChI=1S/C11H9ClF3N3O2/c1-20-10(19)6-4-7(12)9-17-16-8(18(9)5-6)2-3-11(13,14)15/h4-5H,2-3H2,1H3. The van der Waals surface area contributed by atoms with Crippen LogP contribution in [0.15, 0.2) is 12.3 Å². The van der Waals surface area contributed by atoms with E-state index in [-0.39, 0.29) is 28.5 Å². The van der Waals surface area contributed by atoms with Crippen molar-refractivity contribution in [1.29, 1.82) is 0 Å². The van der Waals surface area contributed by atoms with E-state index in [1.165, 1.54) is 23.8 Å². The number of esters is 1. The highest BCUT2D eigenvalue weighted by Gasteiger charge is 2.28. The summed E-state index contributed by atoms with van der Waals surface area (Å²) < 4.78 is 42.5. The van der Waals surface area contributed by atoms with E-state index >= 15 is 0 Å². The van der Waals surface area contributed by atoms with Crippen molar-refractivity contribution in [3.05, 3.63) is 28.7 Å². The summed E-state index contributed by atoms with van der Waals surface area (Å²) in [6.07, 6.45) is -4.38. The summed E-state index contributed by atoms with van der Waals surface area (Å²) in [5.41, 5.74) is 0.301. The van der Waals surface area contributed by atoms with Crippen LogP contribution in [0.3, 0.4) is 0 Å². The first-order valence-corrected chi connectivity index (χ1v) is 5.88. The minimum absolute atomic E-state index is 0.0741. The van der Waals surface area contributed by atoms with Gasteiger partial charge in [-0.3, -0.25) is 4.40 Å². The Labute approximate surface area is 116 Å². The van der Waals surface area contributed by atoms with Crippen molar-refractivity contribution in [3.63, 3.8) is 0 Å². The van der Waals surface area contributed by atoms with Crippen LogP contribution in [0.5, 0.6) is 0 Å². The zero-order valence-corrected chi connectivity index (χ0v) is 11.0. The van der Waals surface area contributed by atoms with E-state index in [2.05, 4.69) is 14.9 Å². The number of hydrogen-bond acceptors (Lipinski definition) is 4. The summed E-state index contributed by atoms with van der Waals surface area (Å²) in [4.78, 5) is 11.4. The second kappa shape index (κ2) is 5.28. The monoisotopic (exact) mass is 307 g/mol. The lowest BCUT2D eigenvalue weighted by atomic mass is 10.2. The van der Waals surface area contributed by atoms with E-state index in [9.17, 15) is 18.0 Å². The van der Waals surface area contributed by atoms with Crippen LogP contribution in [0.1, 0.15) is 22.6 Å². The Balaban J connectivity index is 2.42. The SMILES string of the molecule is COC(=O)c1cc(Cl)c2nnc(CCC(F)(F)F)n2c1. The van der Waals surface area contributed by atoms with Gasteiger partial charge >= 0.3 is 12.1 Å². The van der Waals surface area contributed by atoms with Gasteiger partial charge in [-0.05, 0) is 6.07 Å². The Bertz CT molecular complexity index is 654. The average Bonchev–Trinajstić information content (AvgIpc) is 2.78. The molecular formula is C11H9ClF3N3O2. The van der Waals surface area contributed by atoms with E-state index in [1.54, 1.807) is 0 Å². The Morgan fingerprint density at radius 2 is 2.15 bits per heavy atom. The number of ether oxygens (including phenoxy) is 1. The highest BCUT2D eigenvalue weighted by atomic mass is 35.5. The van der Waals surface area contributed by atoms with Crippen LogP contribution in [0.25, 0.3) is 5.65 Å². The van der Waals surface area contributed by atoms with Gasteiger partial charge in [0.15, 0.2) is 5.65 Å². The van der Waals surface area contributed by atoms with Crippen LogP contribution in [0, 0.1) is 0 Å². The third-order valence-electron chi connectivity index (χ3n) is 2.58. The molecule has 0 unspecified atom stereocenters. The lowest BCUT2D eigenvalue weighted by molar-refractivity contribution is -0.134. The van der Waals surface area contributed by atoms with E-state index in [0.29, 0.717) is 0 Å². The number of halogens is 4. The van der Waals surface area contributed by atoms with Crippen molar-refractivity contribution in [1.82, 2.24) is 14.6 Å². The summed E-state index contributed by atoms with van der Waals surface area (Å²) in [7, 11) is 1.19. The quantitative estimate of drug-likeness (QED) is 0.818. The molecule has 0 aromatic carbocycles. The lowest BCUT2D eigenvalue weighted by Crippen LogP contribution is -2.10. The van der Waals surface area contributed by atoms with Gasteiger partial charge in [0.25, 0.3) is 0 Å². The molecule has 9 heteroatoms. The van der Waals surface area contributed by atoms with Gasteiger partial charge in [-0.1, -0.05) is 11.6 Å². The molecule has 2 aromatic rings. The van der Waals surface area contributed by atoms with Gasteiger partial charge in [-0.2, -0.15) is 13.2 Å². The van der Waals surface area contributed by atoms with E-state index in [1.807, 2.05) is 0 Å². The van der Waals surface area contributed by atoms with Crippen LogP contribution in [0.2, 0.25) is 5.02 Å². The molecule has 108 valence electrons. The normalized spacial score (nSPS) is 11.8. The van der Waals surface area contributed by atoms with E-state index in [4.69, 9.17) is 11.6 Å². The molecule has 0 atom stereocenters. The van der Waals surface area contributed by atoms with Crippen molar-refractivity contribution in [2.45, 2.75) is 19.0 Å². The maximum Gasteiger partial charge on any atom is 0.389 e.